The van der Waals surface area contributed by atoms with Crippen molar-refractivity contribution >= 4 is 11.9 Å². The molecule has 1 rings (SSSR count). The Morgan fingerprint density at radius 3 is 2.84 bits per heavy atom. The SMILES string of the molecule is CCOC(=O)CCCNC(=O)CN1CCC(NC)C1. The lowest BCUT2D eigenvalue weighted by molar-refractivity contribution is -0.143. The zero-order chi connectivity index (χ0) is 14.1. The van der Waals surface area contributed by atoms with E-state index in [0.717, 1.165) is 19.5 Å². The van der Waals surface area contributed by atoms with Crippen molar-refractivity contribution in [2.24, 2.45) is 0 Å². The second kappa shape index (κ2) is 8.87. The molecule has 1 heterocycles. The van der Waals surface area contributed by atoms with Gasteiger partial charge in [0.1, 0.15) is 0 Å². The molecule has 1 unspecified atom stereocenters. The number of esters is 1. The number of carbonyl (C=O) groups is 2. The highest BCUT2D eigenvalue weighted by Gasteiger charge is 2.22. The normalized spacial score (nSPS) is 19.4. The molecule has 6 nitrogen and oxygen atoms in total. The van der Waals surface area contributed by atoms with Gasteiger partial charge in [-0.25, -0.2) is 0 Å². The predicted octanol–water partition coefficient (Wildman–Crippen LogP) is -0.260. The Morgan fingerprint density at radius 2 is 2.21 bits per heavy atom. The van der Waals surface area contributed by atoms with Crippen molar-refractivity contribution in [1.29, 1.82) is 0 Å². The van der Waals surface area contributed by atoms with Crippen LogP contribution in [0, 0.1) is 0 Å². The molecule has 1 fully saturated rings. The molecule has 0 aliphatic carbocycles. The van der Waals surface area contributed by atoms with Crippen molar-refractivity contribution < 1.29 is 14.3 Å². The van der Waals surface area contributed by atoms with Gasteiger partial charge in [-0.3, -0.25) is 14.5 Å². The smallest absolute Gasteiger partial charge is 0.305 e. The van der Waals surface area contributed by atoms with Crippen LogP contribution in [-0.4, -0.2) is 62.7 Å². The number of nitrogens with zero attached hydrogens (tertiary/aromatic N) is 1. The molecule has 0 radical (unpaired) electrons. The van der Waals surface area contributed by atoms with Gasteiger partial charge in [-0.2, -0.15) is 0 Å². The first-order chi connectivity index (χ1) is 9.15. The van der Waals surface area contributed by atoms with Crippen molar-refractivity contribution in [1.82, 2.24) is 15.5 Å². The molecule has 1 amide bonds. The summed E-state index contributed by atoms with van der Waals surface area (Å²) >= 11 is 0. The fourth-order valence-corrected chi connectivity index (χ4v) is 2.16. The molecule has 1 saturated heterocycles. The molecule has 19 heavy (non-hydrogen) atoms. The Morgan fingerprint density at radius 1 is 1.42 bits per heavy atom. The maximum absolute atomic E-state index is 11.7. The first-order valence-corrected chi connectivity index (χ1v) is 6.97. The van der Waals surface area contributed by atoms with E-state index in [1.54, 1.807) is 6.92 Å². The van der Waals surface area contributed by atoms with Crippen LogP contribution >= 0.6 is 0 Å². The molecule has 0 bridgehead atoms. The van der Waals surface area contributed by atoms with E-state index in [0.29, 0.717) is 38.6 Å². The molecular formula is C13H25N3O3. The monoisotopic (exact) mass is 271 g/mol. The molecule has 0 saturated carbocycles. The van der Waals surface area contributed by atoms with Crippen LogP contribution in [0.3, 0.4) is 0 Å². The zero-order valence-electron chi connectivity index (χ0n) is 11.9. The second-order valence-corrected chi connectivity index (χ2v) is 4.77. The minimum absolute atomic E-state index is 0.0283. The summed E-state index contributed by atoms with van der Waals surface area (Å²) in [6.45, 7) is 5.05. The molecule has 0 aromatic heterocycles. The van der Waals surface area contributed by atoms with Crippen molar-refractivity contribution in [3.8, 4) is 0 Å². The minimum atomic E-state index is -0.201. The third kappa shape index (κ3) is 6.54. The van der Waals surface area contributed by atoms with E-state index in [1.165, 1.54) is 0 Å². The fourth-order valence-electron chi connectivity index (χ4n) is 2.16. The average molecular weight is 271 g/mol. The molecule has 1 aliphatic rings. The van der Waals surface area contributed by atoms with Gasteiger partial charge in [-0.05, 0) is 26.8 Å². The first-order valence-electron chi connectivity index (χ1n) is 6.97. The van der Waals surface area contributed by atoms with Crippen molar-refractivity contribution in [3.63, 3.8) is 0 Å². The first kappa shape index (κ1) is 15.9. The summed E-state index contributed by atoms with van der Waals surface area (Å²) in [5, 5.41) is 6.05. The summed E-state index contributed by atoms with van der Waals surface area (Å²) in [7, 11) is 1.95. The Balaban J connectivity index is 2.04. The van der Waals surface area contributed by atoms with Gasteiger partial charge in [-0.1, -0.05) is 0 Å². The summed E-state index contributed by atoms with van der Waals surface area (Å²) < 4.78 is 4.81. The number of hydrogen-bond acceptors (Lipinski definition) is 5. The van der Waals surface area contributed by atoms with Gasteiger partial charge in [0.2, 0.25) is 5.91 Å². The minimum Gasteiger partial charge on any atom is -0.466 e. The van der Waals surface area contributed by atoms with Gasteiger partial charge in [0.05, 0.1) is 13.2 Å². The number of rotatable bonds is 8. The van der Waals surface area contributed by atoms with Crippen LogP contribution in [0.15, 0.2) is 0 Å². The van der Waals surface area contributed by atoms with Gasteiger partial charge in [0.15, 0.2) is 0 Å². The van der Waals surface area contributed by atoms with Gasteiger partial charge in [0.25, 0.3) is 0 Å². The summed E-state index contributed by atoms with van der Waals surface area (Å²) in [4.78, 5) is 24.9. The molecule has 1 aliphatic heterocycles. The largest absolute Gasteiger partial charge is 0.466 e. The Hall–Kier alpha value is -1.14. The summed E-state index contributed by atoms with van der Waals surface area (Å²) in [6, 6.07) is 0.497. The number of likely N-dealkylation sites (tertiary alicyclic amines) is 1. The van der Waals surface area contributed by atoms with Gasteiger partial charge >= 0.3 is 5.97 Å². The number of amides is 1. The van der Waals surface area contributed by atoms with Crippen LogP contribution in [0.4, 0.5) is 0 Å². The average Bonchev–Trinajstić information content (AvgIpc) is 2.82. The van der Waals surface area contributed by atoms with Gasteiger partial charge in [-0.15, -0.1) is 0 Å². The molecule has 6 heteroatoms. The lowest BCUT2D eigenvalue weighted by Crippen LogP contribution is -2.38. The van der Waals surface area contributed by atoms with E-state index in [2.05, 4.69) is 15.5 Å². The van der Waals surface area contributed by atoms with E-state index >= 15 is 0 Å². The highest BCUT2D eigenvalue weighted by atomic mass is 16.5. The molecule has 2 N–H and O–H groups in total. The molecule has 0 aromatic carbocycles. The predicted molar refractivity (Wildman–Crippen MR) is 72.8 cm³/mol. The van der Waals surface area contributed by atoms with E-state index in [4.69, 9.17) is 4.74 Å². The third-order valence-corrected chi connectivity index (χ3v) is 3.23. The van der Waals surface area contributed by atoms with Gasteiger partial charge < -0.3 is 15.4 Å². The van der Waals surface area contributed by atoms with Crippen LogP contribution in [-0.2, 0) is 14.3 Å². The third-order valence-electron chi connectivity index (χ3n) is 3.23. The zero-order valence-corrected chi connectivity index (χ0v) is 11.9. The van der Waals surface area contributed by atoms with Crippen LogP contribution in [0.25, 0.3) is 0 Å². The fraction of sp³-hybridized carbons (Fsp3) is 0.846. The topological polar surface area (TPSA) is 70.7 Å². The van der Waals surface area contributed by atoms with E-state index in [9.17, 15) is 9.59 Å². The van der Waals surface area contributed by atoms with E-state index < -0.39 is 0 Å². The van der Waals surface area contributed by atoms with E-state index in [-0.39, 0.29) is 11.9 Å². The maximum atomic E-state index is 11.7. The molecule has 110 valence electrons. The molecule has 1 atom stereocenters. The van der Waals surface area contributed by atoms with E-state index in [1.807, 2.05) is 7.05 Å². The number of nitrogens with one attached hydrogen (secondary N) is 2. The quantitative estimate of drug-likeness (QED) is 0.470. The number of hydrogen-bond donors (Lipinski definition) is 2. The molecule has 0 aromatic rings. The van der Waals surface area contributed by atoms with Crippen LogP contribution < -0.4 is 10.6 Å². The molecular weight excluding hydrogens is 246 g/mol. The number of carbonyl (C=O) groups excluding carboxylic acids is 2. The van der Waals surface area contributed by atoms with Crippen LogP contribution in [0.5, 0.6) is 0 Å². The highest BCUT2D eigenvalue weighted by Crippen LogP contribution is 2.07. The Bertz CT molecular complexity index is 297. The number of ether oxygens (including phenoxy) is 1. The van der Waals surface area contributed by atoms with Gasteiger partial charge in [0, 0.05) is 32.1 Å². The Kier molecular flexibility index (Phi) is 7.43. The highest BCUT2D eigenvalue weighted by molar-refractivity contribution is 5.78. The van der Waals surface area contributed by atoms with Crippen molar-refractivity contribution in [3.05, 3.63) is 0 Å². The summed E-state index contributed by atoms with van der Waals surface area (Å²) in [5.41, 5.74) is 0. The maximum Gasteiger partial charge on any atom is 0.305 e. The standard InChI is InChI=1S/C13H25N3O3/c1-3-19-13(18)5-4-7-15-12(17)10-16-8-6-11(9-16)14-2/h11,14H,3-10H2,1-2H3,(H,15,17). The van der Waals surface area contributed by atoms with Crippen molar-refractivity contribution in [2.75, 3.05) is 39.8 Å². The second-order valence-electron chi connectivity index (χ2n) is 4.77. The van der Waals surface area contributed by atoms with Crippen LogP contribution in [0.1, 0.15) is 26.2 Å². The number of likely N-dealkylation sites (N-methyl/N-ethyl adjacent to an activating group) is 1. The molecule has 0 spiro atoms. The lowest BCUT2D eigenvalue weighted by Gasteiger charge is -2.15. The summed E-state index contributed by atoms with van der Waals surface area (Å²) in [5.74, 6) is -0.172. The summed E-state index contributed by atoms with van der Waals surface area (Å²) in [6.07, 6.45) is 2.08. The van der Waals surface area contributed by atoms with Crippen molar-refractivity contribution in [2.45, 2.75) is 32.2 Å². The lowest BCUT2D eigenvalue weighted by atomic mass is 10.3. The van der Waals surface area contributed by atoms with Crippen LogP contribution in [0.2, 0.25) is 0 Å². The Labute approximate surface area is 114 Å².